The molecule has 0 atom stereocenters. The van der Waals surface area contributed by atoms with Crippen molar-refractivity contribution in [1.82, 2.24) is 0 Å². The van der Waals surface area contributed by atoms with Crippen LogP contribution in [0.4, 0.5) is 5.69 Å². The quantitative estimate of drug-likeness (QED) is 0.759. The lowest BCUT2D eigenvalue weighted by atomic mass is 9.98. The van der Waals surface area contributed by atoms with Crippen LogP contribution in [0.5, 0.6) is 0 Å². The fourth-order valence-electron chi connectivity index (χ4n) is 1.99. The molecule has 1 aromatic carbocycles. The number of carbonyl (C=O) groups excluding carboxylic acids is 3. The number of benzene rings is 1. The van der Waals surface area contributed by atoms with Gasteiger partial charge in [0, 0.05) is 17.7 Å². The summed E-state index contributed by atoms with van der Waals surface area (Å²) in [5, 5.41) is 0. The Hall–Kier alpha value is -2.17. The Morgan fingerprint density at radius 1 is 1.41 bits per heavy atom. The number of nitrogens with zero attached hydrogens (tertiary/aromatic N) is 1. The molecule has 5 nitrogen and oxygen atoms in total. The third-order valence-electron chi connectivity index (χ3n) is 2.82. The highest BCUT2D eigenvalue weighted by Crippen LogP contribution is 2.28. The second kappa shape index (κ2) is 4.37. The molecule has 1 heterocycles. The third kappa shape index (κ3) is 2.04. The summed E-state index contributed by atoms with van der Waals surface area (Å²) in [7, 11) is 0. The molecule has 2 N–H and O–H groups in total. The topological polar surface area (TPSA) is 80.5 Å². The lowest BCUT2D eigenvalue weighted by molar-refractivity contribution is -0.120. The van der Waals surface area contributed by atoms with Gasteiger partial charge in [0.25, 0.3) is 0 Å². The number of rotatable bonds is 3. The summed E-state index contributed by atoms with van der Waals surface area (Å²) in [4.78, 5) is 34.6. The van der Waals surface area contributed by atoms with Gasteiger partial charge in [-0.3, -0.25) is 9.59 Å². The molecule has 0 radical (unpaired) electrons. The van der Waals surface area contributed by atoms with Crippen LogP contribution in [0.3, 0.4) is 0 Å². The zero-order valence-corrected chi connectivity index (χ0v) is 9.18. The maximum absolute atomic E-state index is 11.6. The van der Waals surface area contributed by atoms with Crippen molar-refractivity contribution in [3.05, 3.63) is 29.3 Å². The van der Waals surface area contributed by atoms with Crippen molar-refractivity contribution in [2.24, 2.45) is 5.73 Å². The molecule has 1 aliphatic rings. The van der Waals surface area contributed by atoms with Gasteiger partial charge in [-0.2, -0.15) is 0 Å². The molecule has 0 aliphatic carbocycles. The van der Waals surface area contributed by atoms with Gasteiger partial charge >= 0.3 is 0 Å². The first-order chi connectivity index (χ1) is 8.13. The lowest BCUT2D eigenvalue weighted by Crippen LogP contribution is -2.36. The van der Waals surface area contributed by atoms with E-state index in [0.717, 1.165) is 5.56 Å². The summed E-state index contributed by atoms with van der Waals surface area (Å²) in [5.74, 6) is -0.567. The Bertz CT molecular complexity index is 497. The number of nitrogens with two attached hydrogens (primary N) is 1. The average molecular weight is 232 g/mol. The Kier molecular flexibility index (Phi) is 2.91. The molecular formula is C12H12N2O3. The van der Waals surface area contributed by atoms with Gasteiger partial charge in [0.05, 0.1) is 6.54 Å². The average Bonchev–Trinajstić information content (AvgIpc) is 2.32. The van der Waals surface area contributed by atoms with Crippen molar-refractivity contribution >= 4 is 23.8 Å². The number of primary amides is 1. The van der Waals surface area contributed by atoms with Crippen LogP contribution in [0.1, 0.15) is 22.3 Å². The monoisotopic (exact) mass is 232 g/mol. The van der Waals surface area contributed by atoms with E-state index in [4.69, 9.17) is 5.73 Å². The Balaban J connectivity index is 2.43. The number of anilines is 1. The Labute approximate surface area is 98.2 Å². The first kappa shape index (κ1) is 11.3. The first-order valence-corrected chi connectivity index (χ1v) is 5.30. The minimum Gasteiger partial charge on any atom is -0.366 e. The largest absolute Gasteiger partial charge is 0.366 e. The van der Waals surface area contributed by atoms with Crippen molar-refractivity contribution < 1.29 is 14.4 Å². The molecule has 0 fully saturated rings. The van der Waals surface area contributed by atoms with Gasteiger partial charge in [0.1, 0.15) is 6.29 Å². The van der Waals surface area contributed by atoms with Gasteiger partial charge < -0.3 is 15.4 Å². The molecule has 5 heteroatoms. The lowest BCUT2D eigenvalue weighted by Gasteiger charge is -2.27. The molecule has 1 aliphatic heterocycles. The molecule has 0 bridgehead atoms. The van der Waals surface area contributed by atoms with Crippen LogP contribution in [-0.2, 0) is 16.0 Å². The van der Waals surface area contributed by atoms with Gasteiger partial charge in [0.15, 0.2) is 0 Å². The van der Waals surface area contributed by atoms with Gasteiger partial charge in [-0.05, 0) is 30.2 Å². The van der Waals surface area contributed by atoms with Crippen LogP contribution in [0.2, 0.25) is 0 Å². The van der Waals surface area contributed by atoms with Crippen LogP contribution in [0.15, 0.2) is 18.2 Å². The smallest absolute Gasteiger partial charge is 0.248 e. The first-order valence-electron chi connectivity index (χ1n) is 5.30. The fourth-order valence-corrected chi connectivity index (χ4v) is 1.99. The highest BCUT2D eigenvalue weighted by atomic mass is 16.2. The molecule has 88 valence electrons. The maximum atomic E-state index is 11.6. The number of aryl methyl sites for hydroxylation is 1. The Morgan fingerprint density at radius 2 is 2.18 bits per heavy atom. The van der Waals surface area contributed by atoms with E-state index in [9.17, 15) is 14.4 Å². The summed E-state index contributed by atoms with van der Waals surface area (Å²) in [6.07, 6.45) is 1.61. The van der Waals surface area contributed by atoms with E-state index in [2.05, 4.69) is 0 Å². The summed E-state index contributed by atoms with van der Waals surface area (Å²) < 4.78 is 0. The van der Waals surface area contributed by atoms with Crippen LogP contribution in [0.25, 0.3) is 0 Å². The van der Waals surface area contributed by atoms with Crippen molar-refractivity contribution in [3.8, 4) is 0 Å². The van der Waals surface area contributed by atoms with E-state index in [0.29, 0.717) is 30.4 Å². The highest BCUT2D eigenvalue weighted by Gasteiger charge is 2.24. The number of amides is 2. The predicted molar refractivity (Wildman–Crippen MR) is 61.7 cm³/mol. The van der Waals surface area contributed by atoms with E-state index in [1.165, 1.54) is 4.90 Å². The summed E-state index contributed by atoms with van der Waals surface area (Å²) in [6, 6.07) is 4.91. The van der Waals surface area contributed by atoms with Crippen molar-refractivity contribution in [3.63, 3.8) is 0 Å². The van der Waals surface area contributed by atoms with E-state index < -0.39 is 5.91 Å². The number of aldehydes is 1. The van der Waals surface area contributed by atoms with E-state index in [-0.39, 0.29) is 12.5 Å². The second-order valence-corrected chi connectivity index (χ2v) is 3.88. The molecular weight excluding hydrogens is 220 g/mol. The minimum atomic E-state index is -0.494. The van der Waals surface area contributed by atoms with Crippen LogP contribution in [-0.4, -0.2) is 24.6 Å². The van der Waals surface area contributed by atoms with E-state index in [1.807, 2.05) is 0 Å². The van der Waals surface area contributed by atoms with E-state index in [1.54, 1.807) is 18.2 Å². The van der Waals surface area contributed by atoms with Gasteiger partial charge in [-0.25, -0.2) is 0 Å². The molecule has 0 saturated heterocycles. The molecule has 2 amide bonds. The molecule has 0 saturated carbocycles. The van der Waals surface area contributed by atoms with Crippen LogP contribution < -0.4 is 10.6 Å². The summed E-state index contributed by atoms with van der Waals surface area (Å²) in [6.45, 7) is 0.0434. The maximum Gasteiger partial charge on any atom is 0.248 e. The minimum absolute atomic E-state index is 0.0434. The van der Waals surface area contributed by atoms with Crippen LogP contribution >= 0.6 is 0 Å². The highest BCUT2D eigenvalue weighted by molar-refractivity contribution is 6.00. The number of fused-ring (bicyclic) bond motifs is 1. The van der Waals surface area contributed by atoms with Crippen molar-refractivity contribution in [2.45, 2.75) is 12.8 Å². The molecule has 2 rings (SSSR count). The van der Waals surface area contributed by atoms with E-state index >= 15 is 0 Å². The van der Waals surface area contributed by atoms with Crippen molar-refractivity contribution in [1.29, 1.82) is 0 Å². The third-order valence-corrected chi connectivity index (χ3v) is 2.82. The zero-order chi connectivity index (χ0) is 12.4. The van der Waals surface area contributed by atoms with Gasteiger partial charge in [0.2, 0.25) is 11.8 Å². The standard InChI is InChI=1S/C12H12N2O3/c13-12(17)9-1-3-10-8(7-9)2-4-11(16)14(10)5-6-15/h1,3,6-7H,2,4-5H2,(H2,13,17). The van der Waals surface area contributed by atoms with Crippen LogP contribution in [0, 0.1) is 0 Å². The molecule has 0 spiro atoms. The van der Waals surface area contributed by atoms with Gasteiger partial charge in [-0.15, -0.1) is 0 Å². The van der Waals surface area contributed by atoms with Gasteiger partial charge in [-0.1, -0.05) is 0 Å². The number of carbonyl (C=O) groups is 3. The summed E-state index contributed by atoms with van der Waals surface area (Å²) >= 11 is 0. The normalized spacial score (nSPS) is 14.4. The molecule has 17 heavy (non-hydrogen) atoms. The molecule has 0 unspecified atom stereocenters. The number of hydrogen-bond acceptors (Lipinski definition) is 3. The molecule has 1 aromatic rings. The fraction of sp³-hybridized carbons (Fsp3) is 0.250. The predicted octanol–water partition coefficient (Wildman–Crippen LogP) is 0.264. The molecule has 0 aromatic heterocycles. The second-order valence-electron chi connectivity index (χ2n) is 3.88. The van der Waals surface area contributed by atoms with Crippen molar-refractivity contribution in [2.75, 3.05) is 11.4 Å². The zero-order valence-electron chi connectivity index (χ0n) is 9.18. The SMILES string of the molecule is NC(=O)c1ccc2c(c1)CCC(=O)N2CC=O. The Morgan fingerprint density at radius 3 is 2.82 bits per heavy atom. The number of hydrogen-bond donors (Lipinski definition) is 1. The summed E-state index contributed by atoms with van der Waals surface area (Å²) in [5.41, 5.74) is 7.18.